The first-order valence-corrected chi connectivity index (χ1v) is 10.6. The summed E-state index contributed by atoms with van der Waals surface area (Å²) in [6, 6.07) is 0. The first-order valence-electron chi connectivity index (χ1n) is 10.6. The van der Waals surface area contributed by atoms with Gasteiger partial charge >= 0.3 is 0 Å². The third-order valence-electron chi connectivity index (χ3n) is 6.08. The molecule has 16 heteroatoms. The quantitative estimate of drug-likeness (QED) is 0.154. The molecular formula is C18H32O16. The molecular weight excluding hydrogens is 472 g/mol. The highest BCUT2D eigenvalue weighted by Crippen LogP contribution is 2.29. The molecule has 0 amide bonds. The summed E-state index contributed by atoms with van der Waals surface area (Å²) >= 11 is 0. The minimum Gasteiger partial charge on any atom is -0.394 e. The fourth-order valence-corrected chi connectivity index (χ4v) is 3.94. The van der Waals surface area contributed by atoms with Gasteiger partial charge < -0.3 is 79.9 Å². The van der Waals surface area contributed by atoms with Crippen molar-refractivity contribution < 1.29 is 79.9 Å². The van der Waals surface area contributed by atoms with Crippen LogP contribution in [0.15, 0.2) is 0 Å². The average Bonchev–Trinajstić information content (AvgIpc) is 2.82. The van der Waals surface area contributed by atoms with Crippen LogP contribution in [0.5, 0.6) is 0 Å². The minimum atomic E-state index is -1.88. The Morgan fingerprint density at radius 2 is 0.971 bits per heavy atom. The highest BCUT2D eigenvalue weighted by molar-refractivity contribution is 4.94. The van der Waals surface area contributed by atoms with Crippen molar-refractivity contribution in [2.75, 3.05) is 19.8 Å². The maximum absolute atomic E-state index is 10.2. The van der Waals surface area contributed by atoms with Gasteiger partial charge in [-0.15, -0.1) is 0 Å². The monoisotopic (exact) mass is 504 g/mol. The maximum atomic E-state index is 10.2. The van der Waals surface area contributed by atoms with Crippen molar-refractivity contribution in [1.29, 1.82) is 0 Å². The van der Waals surface area contributed by atoms with E-state index in [-0.39, 0.29) is 0 Å². The largest absolute Gasteiger partial charge is 0.394 e. The van der Waals surface area contributed by atoms with Gasteiger partial charge in [0.05, 0.1) is 19.8 Å². The molecule has 200 valence electrons. The van der Waals surface area contributed by atoms with Gasteiger partial charge in [0.1, 0.15) is 73.2 Å². The molecule has 11 N–H and O–H groups in total. The van der Waals surface area contributed by atoms with E-state index in [0.717, 1.165) is 0 Å². The lowest BCUT2D eigenvalue weighted by Crippen LogP contribution is -2.64. The minimum absolute atomic E-state index is 0.616. The molecule has 15 atom stereocenters. The average molecular weight is 504 g/mol. The summed E-state index contributed by atoms with van der Waals surface area (Å²) in [5.74, 6) is 0. The Labute approximate surface area is 192 Å². The van der Waals surface area contributed by atoms with E-state index >= 15 is 0 Å². The molecule has 0 radical (unpaired) electrons. The summed E-state index contributed by atoms with van der Waals surface area (Å²) in [6.45, 7) is -2.03. The van der Waals surface area contributed by atoms with E-state index in [1.165, 1.54) is 0 Å². The molecule has 3 fully saturated rings. The second-order valence-corrected chi connectivity index (χ2v) is 8.37. The van der Waals surface area contributed by atoms with E-state index in [9.17, 15) is 51.1 Å². The number of hydrogen-bond donors (Lipinski definition) is 11. The van der Waals surface area contributed by atoms with Crippen LogP contribution in [0.1, 0.15) is 0 Å². The fraction of sp³-hybridized carbons (Fsp3) is 1.00. The molecule has 3 rings (SSSR count). The van der Waals surface area contributed by atoms with Crippen molar-refractivity contribution in [3.05, 3.63) is 0 Å². The van der Waals surface area contributed by atoms with Gasteiger partial charge in [-0.25, -0.2) is 0 Å². The Balaban J connectivity index is 1.64. The Morgan fingerprint density at radius 1 is 0.500 bits per heavy atom. The SMILES string of the molecule is OC[C@H]1O[C@@H](OC[C@H]2O[C@H](O[C@@H]3[C@@H](O)[C@H](O)[C@@H](CO)O[C@@H]3O)[C@H](O)[C@@H](O)[C@H]2O)[C@H](O)[C@@H](O)[C@@H]1O. The summed E-state index contributed by atoms with van der Waals surface area (Å²) in [4.78, 5) is 0. The molecule has 0 unspecified atom stereocenters. The number of ether oxygens (including phenoxy) is 5. The van der Waals surface area contributed by atoms with E-state index in [0.29, 0.717) is 0 Å². The highest BCUT2D eigenvalue weighted by Gasteiger charge is 2.51. The second kappa shape index (κ2) is 11.6. The van der Waals surface area contributed by atoms with Crippen LogP contribution in [-0.4, -0.2) is 168 Å². The van der Waals surface area contributed by atoms with E-state index in [1.807, 2.05) is 0 Å². The van der Waals surface area contributed by atoms with Crippen molar-refractivity contribution in [2.45, 2.75) is 92.1 Å². The van der Waals surface area contributed by atoms with Gasteiger partial charge in [-0.2, -0.15) is 0 Å². The molecule has 0 aromatic carbocycles. The molecule has 3 saturated heterocycles. The molecule has 16 nitrogen and oxygen atoms in total. The maximum Gasteiger partial charge on any atom is 0.187 e. The van der Waals surface area contributed by atoms with Crippen molar-refractivity contribution in [1.82, 2.24) is 0 Å². The van der Waals surface area contributed by atoms with Gasteiger partial charge in [0.25, 0.3) is 0 Å². The van der Waals surface area contributed by atoms with E-state index < -0.39 is 112 Å². The fourth-order valence-electron chi connectivity index (χ4n) is 3.94. The van der Waals surface area contributed by atoms with Crippen LogP contribution in [0.2, 0.25) is 0 Å². The van der Waals surface area contributed by atoms with Crippen molar-refractivity contribution in [2.24, 2.45) is 0 Å². The number of hydrogen-bond acceptors (Lipinski definition) is 16. The van der Waals surface area contributed by atoms with Crippen LogP contribution in [0, 0.1) is 0 Å². The van der Waals surface area contributed by atoms with Crippen LogP contribution < -0.4 is 0 Å². The van der Waals surface area contributed by atoms with Crippen LogP contribution in [0.25, 0.3) is 0 Å². The first kappa shape index (κ1) is 27.9. The van der Waals surface area contributed by atoms with Crippen molar-refractivity contribution in [3.8, 4) is 0 Å². The third-order valence-corrected chi connectivity index (χ3v) is 6.08. The highest BCUT2D eigenvalue weighted by atomic mass is 16.7. The van der Waals surface area contributed by atoms with Crippen molar-refractivity contribution in [3.63, 3.8) is 0 Å². The van der Waals surface area contributed by atoms with Gasteiger partial charge in [-0.3, -0.25) is 0 Å². The zero-order valence-electron chi connectivity index (χ0n) is 17.7. The number of aliphatic hydroxyl groups is 11. The summed E-state index contributed by atoms with van der Waals surface area (Å²) < 4.78 is 26.1. The third kappa shape index (κ3) is 5.52. The summed E-state index contributed by atoms with van der Waals surface area (Å²) in [6.07, 6.45) is -25.0. The second-order valence-electron chi connectivity index (χ2n) is 8.37. The van der Waals surface area contributed by atoms with E-state index in [1.54, 1.807) is 0 Å². The summed E-state index contributed by atoms with van der Waals surface area (Å²) in [5, 5.41) is 109. The molecule has 0 aliphatic carbocycles. The molecule has 0 saturated carbocycles. The van der Waals surface area contributed by atoms with Gasteiger partial charge in [0.2, 0.25) is 0 Å². The van der Waals surface area contributed by atoms with Gasteiger partial charge in [-0.05, 0) is 0 Å². The molecule has 0 bridgehead atoms. The predicted octanol–water partition coefficient (Wildman–Crippen LogP) is -7.57. The van der Waals surface area contributed by atoms with Gasteiger partial charge in [0, 0.05) is 0 Å². The Bertz CT molecular complexity index is 639. The van der Waals surface area contributed by atoms with Crippen molar-refractivity contribution >= 4 is 0 Å². The van der Waals surface area contributed by atoms with E-state index in [4.69, 9.17) is 28.8 Å². The number of rotatable bonds is 7. The lowest BCUT2D eigenvalue weighted by atomic mass is 9.97. The molecule has 3 aliphatic rings. The first-order chi connectivity index (χ1) is 16.0. The zero-order valence-corrected chi connectivity index (χ0v) is 17.7. The lowest BCUT2D eigenvalue weighted by Gasteiger charge is -2.45. The Morgan fingerprint density at radius 3 is 1.56 bits per heavy atom. The van der Waals surface area contributed by atoms with E-state index in [2.05, 4.69) is 0 Å². The number of aliphatic hydroxyl groups excluding tert-OH is 11. The molecule has 0 aromatic heterocycles. The Hall–Kier alpha value is -0.640. The molecule has 3 aliphatic heterocycles. The van der Waals surface area contributed by atoms with Crippen LogP contribution in [-0.2, 0) is 23.7 Å². The summed E-state index contributed by atoms with van der Waals surface area (Å²) in [7, 11) is 0. The van der Waals surface area contributed by atoms with Crippen LogP contribution in [0.4, 0.5) is 0 Å². The summed E-state index contributed by atoms with van der Waals surface area (Å²) in [5.41, 5.74) is 0. The van der Waals surface area contributed by atoms with Crippen LogP contribution in [0.3, 0.4) is 0 Å². The molecule has 34 heavy (non-hydrogen) atoms. The Kier molecular flexibility index (Phi) is 9.54. The van der Waals surface area contributed by atoms with Crippen LogP contribution >= 0.6 is 0 Å². The van der Waals surface area contributed by atoms with Gasteiger partial charge in [-0.1, -0.05) is 0 Å². The predicted molar refractivity (Wildman–Crippen MR) is 101 cm³/mol. The molecule has 0 aromatic rings. The topological polar surface area (TPSA) is 269 Å². The smallest absolute Gasteiger partial charge is 0.187 e. The molecule has 0 spiro atoms. The zero-order chi connectivity index (χ0) is 25.3. The molecule has 3 heterocycles. The standard InChI is InChI=1S/C18H32O16/c19-1-4-8(22)12(26)15(16(29)31-4)34-18-14(28)11(25)9(23)6(33-18)3-30-17-13(27)10(24)7(21)5(2-20)32-17/h4-29H,1-3H2/t4-,5-,6-,7-,8-,9+,10+,11+,12+,13-,14-,15-,16+,17-,18-/m1/s1. The van der Waals surface area contributed by atoms with Gasteiger partial charge in [0.15, 0.2) is 18.9 Å². The lowest BCUT2D eigenvalue weighted by molar-refractivity contribution is -0.367. The normalized spacial score (nSPS) is 52.5.